The van der Waals surface area contributed by atoms with E-state index >= 15 is 0 Å². The number of likely N-dealkylation sites (tertiary alicyclic amines) is 1. The summed E-state index contributed by atoms with van der Waals surface area (Å²) >= 11 is 0. The van der Waals surface area contributed by atoms with Crippen molar-refractivity contribution in [3.05, 3.63) is 29.8 Å². The summed E-state index contributed by atoms with van der Waals surface area (Å²) in [6.45, 7) is 1.62. The fourth-order valence-electron chi connectivity index (χ4n) is 2.72. The molecule has 6 heteroatoms. The van der Waals surface area contributed by atoms with Crippen LogP contribution in [0.1, 0.15) is 18.0 Å². The molecular formula is C13H21N3O2S. The van der Waals surface area contributed by atoms with Gasteiger partial charge in [0, 0.05) is 12.6 Å². The number of sulfonamides is 1. The quantitative estimate of drug-likeness (QED) is 0.865. The first-order valence-corrected chi connectivity index (χ1v) is 8.27. The zero-order valence-electron chi connectivity index (χ0n) is 11.3. The molecule has 3 N–H and O–H groups in total. The molecule has 0 amide bonds. The third-order valence-electron chi connectivity index (χ3n) is 3.58. The number of nitrogens with two attached hydrogens (primary N) is 1. The lowest BCUT2D eigenvalue weighted by atomic mass is 9.99. The second-order valence-corrected chi connectivity index (χ2v) is 7.00. The number of nitrogens with zero attached hydrogens (tertiary/aromatic N) is 1. The largest absolute Gasteiger partial charge is 0.330 e. The van der Waals surface area contributed by atoms with Gasteiger partial charge in [0.2, 0.25) is 10.0 Å². The van der Waals surface area contributed by atoms with Crippen LogP contribution in [0, 0.1) is 5.92 Å². The lowest BCUT2D eigenvalue weighted by Gasteiger charge is -2.22. The van der Waals surface area contributed by atoms with E-state index in [1.165, 1.54) is 6.26 Å². The van der Waals surface area contributed by atoms with Crippen LogP contribution in [0.3, 0.4) is 0 Å². The molecule has 2 rings (SSSR count). The van der Waals surface area contributed by atoms with Crippen molar-refractivity contribution in [3.8, 4) is 0 Å². The van der Waals surface area contributed by atoms with E-state index in [1.807, 2.05) is 18.2 Å². The molecule has 1 aliphatic rings. The normalized spacial score (nSPS) is 24.6. The highest BCUT2D eigenvalue weighted by molar-refractivity contribution is 7.92. The standard InChI is InChI=1S/C13H21N3O2S/c1-16-9-10(8-14)7-13(16)11-5-3-4-6-12(11)15-19(2,17)18/h3-6,10,13,15H,7-9,14H2,1-2H3. The van der Waals surface area contributed by atoms with Gasteiger partial charge in [0.25, 0.3) is 0 Å². The Bertz CT molecular complexity index is 545. The maximum Gasteiger partial charge on any atom is 0.229 e. The van der Waals surface area contributed by atoms with E-state index in [0.717, 1.165) is 18.5 Å². The van der Waals surface area contributed by atoms with Crippen molar-refractivity contribution in [2.45, 2.75) is 12.5 Å². The van der Waals surface area contributed by atoms with Crippen LogP contribution >= 0.6 is 0 Å². The minimum absolute atomic E-state index is 0.221. The minimum atomic E-state index is -3.26. The van der Waals surface area contributed by atoms with Crippen molar-refractivity contribution in [1.82, 2.24) is 4.90 Å². The lowest BCUT2D eigenvalue weighted by Crippen LogP contribution is -2.21. The van der Waals surface area contributed by atoms with Gasteiger partial charge in [-0.2, -0.15) is 0 Å². The van der Waals surface area contributed by atoms with Crippen LogP contribution in [0.4, 0.5) is 5.69 Å². The van der Waals surface area contributed by atoms with Crippen LogP contribution in [-0.4, -0.2) is 39.7 Å². The first-order chi connectivity index (χ1) is 8.90. The number of hydrogen-bond acceptors (Lipinski definition) is 4. The zero-order chi connectivity index (χ0) is 14.0. The van der Waals surface area contributed by atoms with Crippen molar-refractivity contribution in [2.24, 2.45) is 11.7 Å². The predicted molar refractivity (Wildman–Crippen MR) is 77.4 cm³/mol. The highest BCUT2D eigenvalue weighted by Crippen LogP contribution is 2.37. The smallest absolute Gasteiger partial charge is 0.229 e. The predicted octanol–water partition coefficient (Wildman–Crippen LogP) is 1.01. The zero-order valence-corrected chi connectivity index (χ0v) is 12.2. The van der Waals surface area contributed by atoms with E-state index in [9.17, 15) is 8.42 Å². The van der Waals surface area contributed by atoms with Crippen molar-refractivity contribution in [1.29, 1.82) is 0 Å². The topological polar surface area (TPSA) is 75.4 Å². The minimum Gasteiger partial charge on any atom is -0.330 e. The first-order valence-electron chi connectivity index (χ1n) is 6.37. The van der Waals surface area contributed by atoms with Gasteiger partial charge in [0.1, 0.15) is 0 Å². The molecule has 1 aromatic rings. The Morgan fingerprint density at radius 1 is 1.42 bits per heavy atom. The van der Waals surface area contributed by atoms with E-state index in [4.69, 9.17) is 5.73 Å². The number of hydrogen-bond donors (Lipinski definition) is 2. The summed E-state index contributed by atoms with van der Waals surface area (Å²) in [6, 6.07) is 7.78. The molecule has 1 aliphatic heterocycles. The molecule has 5 nitrogen and oxygen atoms in total. The average Bonchev–Trinajstić information content (AvgIpc) is 2.69. The Kier molecular flexibility index (Phi) is 4.13. The molecule has 0 aliphatic carbocycles. The monoisotopic (exact) mass is 283 g/mol. The second-order valence-electron chi connectivity index (χ2n) is 5.25. The Labute approximate surface area is 114 Å². The number of para-hydroxylation sites is 1. The number of rotatable bonds is 4. The summed E-state index contributed by atoms with van der Waals surface area (Å²) in [5, 5.41) is 0. The summed E-state index contributed by atoms with van der Waals surface area (Å²) in [7, 11) is -1.21. The van der Waals surface area contributed by atoms with E-state index in [2.05, 4.69) is 16.7 Å². The van der Waals surface area contributed by atoms with Crippen LogP contribution in [0.25, 0.3) is 0 Å². The van der Waals surface area contributed by atoms with Crippen LogP contribution in [0.5, 0.6) is 0 Å². The SMILES string of the molecule is CN1CC(CN)CC1c1ccccc1NS(C)(=O)=O. The molecule has 1 fully saturated rings. The van der Waals surface area contributed by atoms with Gasteiger partial charge in [0.05, 0.1) is 11.9 Å². The summed E-state index contributed by atoms with van der Waals surface area (Å²) in [5.74, 6) is 0.473. The fourth-order valence-corrected chi connectivity index (χ4v) is 3.31. The number of nitrogens with one attached hydrogen (secondary N) is 1. The van der Waals surface area contributed by atoms with Gasteiger partial charge in [0.15, 0.2) is 0 Å². The van der Waals surface area contributed by atoms with E-state index < -0.39 is 10.0 Å². The van der Waals surface area contributed by atoms with Crippen molar-refractivity contribution in [3.63, 3.8) is 0 Å². The van der Waals surface area contributed by atoms with Gasteiger partial charge in [-0.1, -0.05) is 18.2 Å². The average molecular weight is 283 g/mol. The number of anilines is 1. The Morgan fingerprint density at radius 3 is 2.68 bits per heavy atom. The molecule has 0 saturated carbocycles. The summed E-state index contributed by atoms with van der Waals surface area (Å²) in [4.78, 5) is 2.24. The molecule has 1 aromatic carbocycles. The van der Waals surface area contributed by atoms with Gasteiger partial charge in [-0.3, -0.25) is 9.62 Å². The van der Waals surface area contributed by atoms with Gasteiger partial charge in [-0.25, -0.2) is 8.42 Å². The van der Waals surface area contributed by atoms with Crippen molar-refractivity contribution >= 4 is 15.7 Å². The molecule has 0 radical (unpaired) electrons. The Balaban J connectivity index is 2.30. The lowest BCUT2D eigenvalue weighted by molar-refractivity contribution is 0.314. The molecule has 0 spiro atoms. The molecule has 0 aromatic heterocycles. The summed E-state index contributed by atoms with van der Waals surface area (Å²) < 4.78 is 25.4. The Hall–Kier alpha value is -1.11. The Morgan fingerprint density at radius 2 is 2.11 bits per heavy atom. The molecular weight excluding hydrogens is 262 g/mol. The van der Waals surface area contributed by atoms with Gasteiger partial charge >= 0.3 is 0 Å². The second kappa shape index (κ2) is 5.48. The molecule has 0 bridgehead atoms. The van der Waals surface area contributed by atoms with Gasteiger partial charge in [-0.15, -0.1) is 0 Å². The molecule has 106 valence electrons. The van der Waals surface area contributed by atoms with Crippen LogP contribution < -0.4 is 10.5 Å². The van der Waals surface area contributed by atoms with E-state index in [1.54, 1.807) is 6.07 Å². The summed E-state index contributed by atoms with van der Waals surface area (Å²) in [6.07, 6.45) is 2.14. The number of benzene rings is 1. The summed E-state index contributed by atoms with van der Waals surface area (Å²) in [5.41, 5.74) is 7.42. The van der Waals surface area contributed by atoms with Crippen LogP contribution in [0.15, 0.2) is 24.3 Å². The maximum absolute atomic E-state index is 11.4. The molecule has 1 saturated heterocycles. The molecule has 2 unspecified atom stereocenters. The van der Waals surface area contributed by atoms with Gasteiger partial charge < -0.3 is 5.73 Å². The first kappa shape index (κ1) is 14.3. The highest BCUT2D eigenvalue weighted by atomic mass is 32.2. The van der Waals surface area contributed by atoms with Crippen LogP contribution in [-0.2, 0) is 10.0 Å². The maximum atomic E-state index is 11.4. The van der Waals surface area contributed by atoms with Crippen LogP contribution in [0.2, 0.25) is 0 Å². The third kappa shape index (κ3) is 3.46. The van der Waals surface area contributed by atoms with Crippen molar-refractivity contribution in [2.75, 3.05) is 31.1 Å². The highest BCUT2D eigenvalue weighted by Gasteiger charge is 2.31. The molecule has 2 atom stereocenters. The van der Waals surface area contributed by atoms with E-state index in [0.29, 0.717) is 18.2 Å². The van der Waals surface area contributed by atoms with Gasteiger partial charge in [-0.05, 0) is 37.6 Å². The van der Waals surface area contributed by atoms with Crippen molar-refractivity contribution < 1.29 is 8.42 Å². The molecule has 19 heavy (non-hydrogen) atoms. The van der Waals surface area contributed by atoms with E-state index in [-0.39, 0.29) is 6.04 Å². The molecule has 1 heterocycles. The third-order valence-corrected chi connectivity index (χ3v) is 4.17. The fraction of sp³-hybridized carbons (Fsp3) is 0.538.